The quantitative estimate of drug-likeness (QED) is 0.249. The molecule has 1 heterocycles. The molecule has 5 rings (SSSR count). The lowest BCUT2D eigenvalue weighted by Gasteiger charge is -2.43. The third-order valence-corrected chi connectivity index (χ3v) is 12.7. The highest BCUT2D eigenvalue weighted by atomic mass is 28.4. The van der Waals surface area contributed by atoms with Crippen LogP contribution >= 0.6 is 0 Å². The van der Waals surface area contributed by atoms with Crippen molar-refractivity contribution in [2.24, 2.45) is 11.8 Å². The average Bonchev–Trinajstić information content (AvgIpc) is 3.47. The predicted molar refractivity (Wildman–Crippen MR) is 160 cm³/mol. The van der Waals surface area contributed by atoms with Crippen molar-refractivity contribution in [3.05, 3.63) is 90.6 Å². The van der Waals surface area contributed by atoms with Gasteiger partial charge in [-0.1, -0.05) is 87.5 Å². The lowest BCUT2D eigenvalue weighted by molar-refractivity contribution is 0.0522. The topological polar surface area (TPSA) is 53.4 Å². The Labute approximate surface area is 233 Å². The lowest BCUT2D eigenvalue weighted by atomic mass is 10.1. The Hall–Kier alpha value is -3.22. The zero-order chi connectivity index (χ0) is 27.8. The van der Waals surface area contributed by atoms with Crippen LogP contribution in [0.3, 0.4) is 0 Å². The van der Waals surface area contributed by atoms with Crippen molar-refractivity contribution in [2.45, 2.75) is 65.0 Å². The first-order valence-corrected chi connectivity index (χ1v) is 15.8. The van der Waals surface area contributed by atoms with Crippen LogP contribution in [-0.2, 0) is 15.6 Å². The Morgan fingerprint density at radius 2 is 1.51 bits per heavy atom. The molecule has 0 spiro atoms. The Kier molecular flexibility index (Phi) is 7.29. The van der Waals surface area contributed by atoms with E-state index in [0.29, 0.717) is 11.8 Å². The number of benzene rings is 3. The molecular formula is C33H40N2O3Si. The normalized spacial score (nSPS) is 17.8. The van der Waals surface area contributed by atoms with E-state index >= 15 is 0 Å². The van der Waals surface area contributed by atoms with E-state index in [1.807, 2.05) is 26.8 Å². The van der Waals surface area contributed by atoms with E-state index in [4.69, 9.17) is 9.16 Å². The van der Waals surface area contributed by atoms with Crippen molar-refractivity contribution in [2.75, 3.05) is 6.61 Å². The summed E-state index contributed by atoms with van der Waals surface area (Å²) in [6.07, 6.45) is 3.47. The highest BCUT2D eigenvalue weighted by Gasteiger charge is 2.51. The fourth-order valence-corrected chi connectivity index (χ4v) is 10.3. The molecule has 4 aromatic rings. The number of carbonyl (C=O) groups excluding carboxylic acids is 1. The molecule has 204 valence electrons. The standard InChI is InChI=1S/C33H40N2O3Si/c1-32(2,3)38-31(36)35-30-18-17-24(20-26(30)22-34-35)19-25-21-27(25)23-37-39(33(4,5)6,28-13-9-7-10-14-28)29-15-11-8-12-16-29/h7-18,20,22,25,27H,19,21,23H2,1-6H3/t25-,27-/m0/s1. The molecule has 6 heteroatoms. The van der Waals surface area contributed by atoms with Gasteiger partial charge in [-0.25, -0.2) is 4.79 Å². The van der Waals surface area contributed by atoms with Crippen LogP contribution in [0.5, 0.6) is 0 Å². The van der Waals surface area contributed by atoms with Gasteiger partial charge in [0.2, 0.25) is 0 Å². The predicted octanol–water partition coefficient (Wildman–Crippen LogP) is 6.57. The zero-order valence-electron chi connectivity index (χ0n) is 24.0. The average molecular weight is 541 g/mol. The molecule has 0 N–H and O–H groups in total. The molecule has 0 bridgehead atoms. The molecule has 39 heavy (non-hydrogen) atoms. The summed E-state index contributed by atoms with van der Waals surface area (Å²) < 4.78 is 14.0. The summed E-state index contributed by atoms with van der Waals surface area (Å²) in [6, 6.07) is 28.0. The van der Waals surface area contributed by atoms with Gasteiger partial charge in [-0.3, -0.25) is 0 Å². The van der Waals surface area contributed by atoms with Gasteiger partial charge in [0.15, 0.2) is 0 Å². The highest BCUT2D eigenvalue weighted by molar-refractivity contribution is 6.99. The summed E-state index contributed by atoms with van der Waals surface area (Å²) in [6.45, 7) is 13.3. The maximum Gasteiger partial charge on any atom is 0.435 e. The van der Waals surface area contributed by atoms with E-state index in [1.165, 1.54) is 27.0 Å². The van der Waals surface area contributed by atoms with Crippen molar-refractivity contribution < 1.29 is 14.0 Å². The monoisotopic (exact) mass is 540 g/mol. The molecule has 1 aliphatic rings. The molecule has 3 aromatic carbocycles. The summed E-state index contributed by atoms with van der Waals surface area (Å²) in [5.41, 5.74) is 1.48. The van der Waals surface area contributed by atoms with E-state index in [9.17, 15) is 4.79 Å². The maximum atomic E-state index is 12.5. The van der Waals surface area contributed by atoms with Gasteiger partial charge in [0.25, 0.3) is 8.32 Å². The summed E-state index contributed by atoms with van der Waals surface area (Å²) >= 11 is 0. The van der Waals surface area contributed by atoms with Crippen LogP contribution in [0.1, 0.15) is 53.5 Å². The number of fused-ring (bicyclic) bond motifs is 1. The van der Waals surface area contributed by atoms with Gasteiger partial charge >= 0.3 is 6.09 Å². The van der Waals surface area contributed by atoms with Crippen LogP contribution in [0.4, 0.5) is 4.79 Å². The van der Waals surface area contributed by atoms with Crippen LogP contribution in [-0.4, -0.2) is 36.4 Å². The second-order valence-corrected chi connectivity index (χ2v) is 17.2. The molecule has 0 radical (unpaired) electrons. The minimum absolute atomic E-state index is 0.0145. The van der Waals surface area contributed by atoms with Crippen molar-refractivity contribution >= 4 is 35.7 Å². The Balaban J connectivity index is 1.30. The SMILES string of the molecule is CC(C)(C)OC(=O)n1ncc2cc(C[C@H]3C[C@H]3CO[Si](c3ccccc3)(c3ccccc3)C(C)(C)C)ccc21. The van der Waals surface area contributed by atoms with Gasteiger partial charge < -0.3 is 9.16 Å². The van der Waals surface area contributed by atoms with Crippen LogP contribution in [0.2, 0.25) is 5.04 Å². The molecule has 2 atom stereocenters. The second-order valence-electron chi connectivity index (χ2n) is 12.9. The summed E-state index contributed by atoms with van der Waals surface area (Å²) in [5, 5.41) is 7.89. The first-order valence-electron chi connectivity index (χ1n) is 13.9. The number of ether oxygens (including phenoxy) is 1. The molecule has 1 fully saturated rings. The van der Waals surface area contributed by atoms with Crippen LogP contribution in [0.15, 0.2) is 85.1 Å². The molecule has 1 aliphatic carbocycles. The molecule has 1 aromatic heterocycles. The molecule has 5 nitrogen and oxygen atoms in total. The fraction of sp³-hybridized carbons (Fsp3) is 0.394. The molecule has 0 saturated heterocycles. The summed E-state index contributed by atoms with van der Waals surface area (Å²) in [5.74, 6) is 1.15. The number of nitrogens with zero attached hydrogens (tertiary/aromatic N) is 2. The van der Waals surface area contributed by atoms with Gasteiger partial charge in [-0.05, 0) is 78.6 Å². The number of aromatic nitrogens is 2. The molecule has 0 aliphatic heterocycles. The summed E-state index contributed by atoms with van der Waals surface area (Å²) in [7, 11) is -2.51. The van der Waals surface area contributed by atoms with Crippen molar-refractivity contribution in [1.29, 1.82) is 0 Å². The second kappa shape index (κ2) is 10.4. The number of hydrogen-bond donors (Lipinski definition) is 0. The number of hydrogen-bond acceptors (Lipinski definition) is 4. The minimum atomic E-state index is -2.51. The Bertz CT molecular complexity index is 1400. The third-order valence-electron chi connectivity index (χ3n) is 7.70. The van der Waals surface area contributed by atoms with Crippen molar-refractivity contribution in [3.8, 4) is 0 Å². The third kappa shape index (κ3) is 5.73. The fourth-order valence-electron chi connectivity index (χ4n) is 5.72. The van der Waals surface area contributed by atoms with Gasteiger partial charge in [-0.15, -0.1) is 0 Å². The summed E-state index contributed by atoms with van der Waals surface area (Å²) in [4.78, 5) is 12.5. The van der Waals surface area contributed by atoms with E-state index < -0.39 is 20.0 Å². The zero-order valence-corrected chi connectivity index (χ0v) is 25.0. The number of carbonyl (C=O) groups is 1. The van der Waals surface area contributed by atoms with Gasteiger partial charge in [0.1, 0.15) is 5.60 Å². The minimum Gasteiger partial charge on any atom is -0.442 e. The Morgan fingerprint density at radius 1 is 0.897 bits per heavy atom. The van der Waals surface area contributed by atoms with Gasteiger partial charge in [0, 0.05) is 12.0 Å². The molecule has 0 amide bonds. The van der Waals surface area contributed by atoms with E-state index in [2.05, 4.69) is 98.7 Å². The molecular weight excluding hydrogens is 500 g/mol. The van der Waals surface area contributed by atoms with Crippen LogP contribution in [0, 0.1) is 11.8 Å². The lowest BCUT2D eigenvalue weighted by Crippen LogP contribution is -2.66. The van der Waals surface area contributed by atoms with Crippen molar-refractivity contribution in [1.82, 2.24) is 9.78 Å². The van der Waals surface area contributed by atoms with Crippen molar-refractivity contribution in [3.63, 3.8) is 0 Å². The smallest absolute Gasteiger partial charge is 0.435 e. The van der Waals surface area contributed by atoms with Crippen LogP contribution in [0.25, 0.3) is 10.9 Å². The number of rotatable bonds is 7. The molecule has 1 saturated carbocycles. The van der Waals surface area contributed by atoms with E-state index in [-0.39, 0.29) is 5.04 Å². The first-order chi connectivity index (χ1) is 18.5. The Morgan fingerprint density at radius 3 is 2.08 bits per heavy atom. The van der Waals surface area contributed by atoms with E-state index in [0.717, 1.165) is 23.9 Å². The first kappa shape index (κ1) is 27.3. The van der Waals surface area contributed by atoms with Gasteiger partial charge in [-0.2, -0.15) is 9.78 Å². The van der Waals surface area contributed by atoms with Gasteiger partial charge in [0.05, 0.1) is 11.7 Å². The van der Waals surface area contributed by atoms with E-state index in [1.54, 1.807) is 6.20 Å². The molecule has 0 unspecified atom stereocenters. The highest BCUT2D eigenvalue weighted by Crippen LogP contribution is 2.44. The van der Waals surface area contributed by atoms with Crippen LogP contribution < -0.4 is 10.4 Å². The largest absolute Gasteiger partial charge is 0.442 e. The maximum absolute atomic E-state index is 12.5.